The van der Waals surface area contributed by atoms with Crippen LogP contribution in [-0.2, 0) is 14.4 Å². The molecule has 3 amide bonds. The standard InChI is InChI=1S/C18H19N5O4/c1-12(10-16(24)20-13-6-5-9-19-11-13)22-23-18(26)17(25)21-14-7-3-4-8-15(14)27-2/h3-9,11H,10H2,1-2H3,(H,20,24)(H,21,25)(H,23,26)/b22-12-. The first kappa shape index (κ1) is 19.6. The summed E-state index contributed by atoms with van der Waals surface area (Å²) in [6, 6.07) is 10.1. The van der Waals surface area contributed by atoms with E-state index in [9.17, 15) is 14.4 Å². The highest BCUT2D eigenvalue weighted by Crippen LogP contribution is 2.22. The summed E-state index contributed by atoms with van der Waals surface area (Å²) in [5.74, 6) is -1.77. The van der Waals surface area contributed by atoms with Crippen LogP contribution in [0, 0.1) is 0 Å². The zero-order valence-corrected chi connectivity index (χ0v) is 14.9. The van der Waals surface area contributed by atoms with Crippen molar-refractivity contribution in [3.05, 3.63) is 48.8 Å². The first-order valence-electron chi connectivity index (χ1n) is 7.97. The van der Waals surface area contributed by atoms with Crippen molar-refractivity contribution >= 4 is 34.8 Å². The van der Waals surface area contributed by atoms with Gasteiger partial charge >= 0.3 is 11.8 Å². The molecule has 1 aromatic heterocycles. The third-order valence-corrected chi connectivity index (χ3v) is 3.27. The Kier molecular flexibility index (Phi) is 7.00. The van der Waals surface area contributed by atoms with Crippen LogP contribution >= 0.6 is 0 Å². The number of nitrogens with one attached hydrogen (secondary N) is 3. The number of anilines is 2. The number of aromatic nitrogens is 1. The molecule has 0 atom stereocenters. The van der Waals surface area contributed by atoms with Gasteiger partial charge in [-0.05, 0) is 31.2 Å². The smallest absolute Gasteiger partial charge is 0.329 e. The lowest BCUT2D eigenvalue weighted by molar-refractivity contribution is -0.136. The lowest BCUT2D eigenvalue weighted by Gasteiger charge is -2.09. The summed E-state index contributed by atoms with van der Waals surface area (Å²) in [6.07, 6.45) is 3.05. The minimum atomic E-state index is -0.965. The number of rotatable bonds is 6. The molecule has 1 aromatic carbocycles. The predicted octanol–water partition coefficient (Wildman–Crippen LogP) is 1.55. The van der Waals surface area contributed by atoms with E-state index in [1.807, 2.05) is 0 Å². The fraction of sp³-hybridized carbons (Fsp3) is 0.167. The molecule has 0 bridgehead atoms. The molecule has 0 spiro atoms. The maximum absolute atomic E-state index is 11.9. The van der Waals surface area contributed by atoms with E-state index >= 15 is 0 Å². The molecule has 9 heteroatoms. The van der Waals surface area contributed by atoms with Crippen molar-refractivity contribution in [2.45, 2.75) is 13.3 Å². The van der Waals surface area contributed by atoms with Crippen molar-refractivity contribution in [3.8, 4) is 5.75 Å². The molecule has 0 unspecified atom stereocenters. The molecule has 0 fully saturated rings. The molecule has 2 aromatic rings. The zero-order valence-electron chi connectivity index (χ0n) is 14.9. The number of hydrogen-bond donors (Lipinski definition) is 3. The summed E-state index contributed by atoms with van der Waals surface area (Å²) in [6.45, 7) is 1.56. The Hall–Kier alpha value is -3.75. The molecule has 27 heavy (non-hydrogen) atoms. The lowest BCUT2D eigenvalue weighted by atomic mass is 10.3. The van der Waals surface area contributed by atoms with Gasteiger partial charge < -0.3 is 15.4 Å². The maximum atomic E-state index is 11.9. The van der Waals surface area contributed by atoms with Crippen LogP contribution in [0.4, 0.5) is 11.4 Å². The summed E-state index contributed by atoms with van der Waals surface area (Å²) >= 11 is 0. The van der Waals surface area contributed by atoms with Gasteiger partial charge in [0, 0.05) is 11.9 Å². The van der Waals surface area contributed by atoms with E-state index in [1.54, 1.807) is 49.5 Å². The van der Waals surface area contributed by atoms with E-state index in [0.717, 1.165) is 0 Å². The van der Waals surface area contributed by atoms with E-state index < -0.39 is 11.8 Å². The molecular weight excluding hydrogens is 350 g/mol. The Morgan fingerprint density at radius 1 is 1.07 bits per heavy atom. The number of hydrazone groups is 1. The quantitative estimate of drug-likeness (QED) is 0.405. The Morgan fingerprint density at radius 2 is 1.85 bits per heavy atom. The first-order valence-corrected chi connectivity index (χ1v) is 7.97. The fourth-order valence-corrected chi connectivity index (χ4v) is 2.04. The lowest BCUT2D eigenvalue weighted by Crippen LogP contribution is -2.33. The Labute approximate surface area is 155 Å². The normalized spacial score (nSPS) is 10.7. The highest BCUT2D eigenvalue weighted by molar-refractivity contribution is 6.39. The topological polar surface area (TPSA) is 122 Å². The van der Waals surface area contributed by atoms with Crippen LogP contribution in [0.5, 0.6) is 5.75 Å². The van der Waals surface area contributed by atoms with Crippen LogP contribution < -0.4 is 20.8 Å². The van der Waals surface area contributed by atoms with Crippen LogP contribution in [-0.4, -0.2) is 35.5 Å². The van der Waals surface area contributed by atoms with Crippen molar-refractivity contribution < 1.29 is 19.1 Å². The van der Waals surface area contributed by atoms with Crippen LogP contribution in [0.25, 0.3) is 0 Å². The summed E-state index contributed by atoms with van der Waals surface area (Å²) in [7, 11) is 1.45. The van der Waals surface area contributed by atoms with Gasteiger partial charge in [-0.25, -0.2) is 5.43 Å². The van der Waals surface area contributed by atoms with Crippen molar-refractivity contribution in [3.63, 3.8) is 0 Å². The fourth-order valence-electron chi connectivity index (χ4n) is 2.04. The molecule has 0 aliphatic rings. The summed E-state index contributed by atoms with van der Waals surface area (Å²) < 4.78 is 5.09. The van der Waals surface area contributed by atoms with Gasteiger partial charge in [0.05, 0.1) is 31.1 Å². The SMILES string of the molecule is COc1ccccc1NC(=O)C(=O)N/N=C(/C)CC(=O)Nc1cccnc1. The van der Waals surface area contributed by atoms with Crippen LogP contribution in [0.1, 0.15) is 13.3 Å². The van der Waals surface area contributed by atoms with E-state index in [-0.39, 0.29) is 12.3 Å². The highest BCUT2D eigenvalue weighted by Gasteiger charge is 2.15. The number of carbonyl (C=O) groups excluding carboxylic acids is 3. The van der Waals surface area contributed by atoms with Gasteiger partial charge in [-0.15, -0.1) is 0 Å². The molecule has 2 rings (SSSR count). The van der Waals surface area contributed by atoms with Crippen molar-refractivity contribution in [2.24, 2.45) is 5.10 Å². The van der Waals surface area contributed by atoms with Crippen LogP contribution in [0.2, 0.25) is 0 Å². The van der Waals surface area contributed by atoms with Crippen molar-refractivity contribution in [2.75, 3.05) is 17.7 Å². The molecule has 0 saturated heterocycles. The predicted molar refractivity (Wildman–Crippen MR) is 100 cm³/mol. The molecule has 0 aliphatic heterocycles. The van der Waals surface area contributed by atoms with Gasteiger partial charge in [0.15, 0.2) is 0 Å². The Morgan fingerprint density at radius 3 is 2.56 bits per heavy atom. The number of amides is 3. The number of nitrogens with zero attached hydrogens (tertiary/aromatic N) is 2. The second-order valence-electron chi connectivity index (χ2n) is 5.41. The molecule has 0 radical (unpaired) electrons. The average Bonchev–Trinajstić information content (AvgIpc) is 2.67. The number of ether oxygens (including phenoxy) is 1. The molecule has 0 aliphatic carbocycles. The Bertz CT molecular complexity index is 852. The first-order chi connectivity index (χ1) is 13.0. The minimum Gasteiger partial charge on any atom is -0.495 e. The largest absolute Gasteiger partial charge is 0.495 e. The number of carbonyl (C=O) groups is 3. The minimum absolute atomic E-state index is 0.0523. The second-order valence-corrected chi connectivity index (χ2v) is 5.41. The third kappa shape index (κ3) is 6.24. The average molecular weight is 369 g/mol. The maximum Gasteiger partial charge on any atom is 0.329 e. The van der Waals surface area contributed by atoms with E-state index in [2.05, 4.69) is 26.1 Å². The summed E-state index contributed by atoms with van der Waals surface area (Å²) in [4.78, 5) is 39.5. The second kappa shape index (κ2) is 9.66. The molecule has 3 N–H and O–H groups in total. The molecular formula is C18H19N5O4. The number of para-hydroxylation sites is 2. The van der Waals surface area contributed by atoms with Gasteiger partial charge in [-0.2, -0.15) is 5.10 Å². The third-order valence-electron chi connectivity index (χ3n) is 3.27. The van der Waals surface area contributed by atoms with Crippen molar-refractivity contribution in [1.82, 2.24) is 10.4 Å². The van der Waals surface area contributed by atoms with Crippen LogP contribution in [0.15, 0.2) is 53.9 Å². The van der Waals surface area contributed by atoms with Gasteiger partial charge in [0.2, 0.25) is 5.91 Å². The van der Waals surface area contributed by atoms with Gasteiger partial charge in [0.1, 0.15) is 5.75 Å². The van der Waals surface area contributed by atoms with Crippen LogP contribution in [0.3, 0.4) is 0 Å². The molecule has 9 nitrogen and oxygen atoms in total. The van der Waals surface area contributed by atoms with Gasteiger partial charge in [-0.1, -0.05) is 12.1 Å². The molecule has 140 valence electrons. The number of methoxy groups -OCH3 is 1. The van der Waals surface area contributed by atoms with E-state index in [4.69, 9.17) is 4.74 Å². The van der Waals surface area contributed by atoms with Gasteiger partial charge in [-0.3, -0.25) is 19.4 Å². The monoisotopic (exact) mass is 369 g/mol. The highest BCUT2D eigenvalue weighted by atomic mass is 16.5. The summed E-state index contributed by atoms with van der Waals surface area (Å²) in [5.41, 5.74) is 3.35. The summed E-state index contributed by atoms with van der Waals surface area (Å²) in [5, 5.41) is 8.83. The van der Waals surface area contributed by atoms with Gasteiger partial charge in [0.25, 0.3) is 0 Å². The number of benzene rings is 1. The number of pyridine rings is 1. The molecule has 0 saturated carbocycles. The zero-order chi connectivity index (χ0) is 19.6. The Balaban J connectivity index is 1.85. The number of hydrogen-bond acceptors (Lipinski definition) is 6. The van der Waals surface area contributed by atoms with Crippen molar-refractivity contribution in [1.29, 1.82) is 0 Å². The van der Waals surface area contributed by atoms with E-state index in [0.29, 0.717) is 22.8 Å². The van der Waals surface area contributed by atoms with E-state index in [1.165, 1.54) is 13.3 Å². The molecule has 1 heterocycles.